The van der Waals surface area contributed by atoms with Crippen LogP contribution >= 0.6 is 15.9 Å². The fourth-order valence-corrected chi connectivity index (χ4v) is 1.93. The predicted molar refractivity (Wildman–Crippen MR) is 59.5 cm³/mol. The summed E-state index contributed by atoms with van der Waals surface area (Å²) in [5.41, 5.74) is 1.69. The molecule has 3 heteroatoms. The Hall–Kier alpha value is -1.22. The predicted octanol–water partition coefficient (Wildman–Crippen LogP) is 4.39. The van der Waals surface area contributed by atoms with Gasteiger partial charge in [-0.2, -0.15) is 0 Å². The molecule has 0 atom stereocenters. The first-order valence-electron chi connectivity index (χ1n) is 4.38. The van der Waals surface area contributed by atoms with Crippen molar-refractivity contribution in [3.8, 4) is 11.1 Å². The van der Waals surface area contributed by atoms with Crippen LogP contribution in [0.5, 0.6) is 0 Å². The van der Waals surface area contributed by atoms with Crippen LogP contribution in [0.25, 0.3) is 11.1 Å². The molecule has 2 aromatic carbocycles. The lowest BCUT2D eigenvalue weighted by Crippen LogP contribution is -1.82. The third-order valence-corrected chi connectivity index (χ3v) is 2.74. The van der Waals surface area contributed by atoms with Gasteiger partial charge < -0.3 is 0 Å². The standard InChI is InChI=1S/C12H7BrF2/c13-12-7-10(15)5-6-11(12)8-1-3-9(14)4-2-8/h1-7H. The quantitative estimate of drug-likeness (QED) is 0.720. The molecule has 2 rings (SSSR count). The van der Waals surface area contributed by atoms with E-state index in [0.717, 1.165) is 11.1 Å². The van der Waals surface area contributed by atoms with Gasteiger partial charge >= 0.3 is 0 Å². The van der Waals surface area contributed by atoms with Crippen molar-refractivity contribution in [2.24, 2.45) is 0 Å². The van der Waals surface area contributed by atoms with Gasteiger partial charge in [0.2, 0.25) is 0 Å². The molecule has 0 amide bonds. The summed E-state index contributed by atoms with van der Waals surface area (Å²) >= 11 is 3.27. The Balaban J connectivity index is 2.49. The third-order valence-electron chi connectivity index (χ3n) is 2.09. The van der Waals surface area contributed by atoms with Crippen LogP contribution in [-0.4, -0.2) is 0 Å². The molecule has 0 unspecified atom stereocenters. The van der Waals surface area contributed by atoms with E-state index >= 15 is 0 Å². The summed E-state index contributed by atoms with van der Waals surface area (Å²) in [4.78, 5) is 0. The Morgan fingerprint density at radius 1 is 0.800 bits per heavy atom. The minimum atomic E-state index is -0.298. The molecule has 0 fully saturated rings. The summed E-state index contributed by atoms with van der Waals surface area (Å²) in [7, 11) is 0. The molecule has 0 saturated carbocycles. The summed E-state index contributed by atoms with van der Waals surface area (Å²) in [6.07, 6.45) is 0. The van der Waals surface area contributed by atoms with Crippen molar-refractivity contribution in [2.75, 3.05) is 0 Å². The van der Waals surface area contributed by atoms with Crippen LogP contribution in [0.1, 0.15) is 0 Å². The zero-order valence-corrected chi connectivity index (χ0v) is 9.26. The van der Waals surface area contributed by atoms with E-state index in [9.17, 15) is 8.78 Å². The lowest BCUT2D eigenvalue weighted by Gasteiger charge is -2.04. The van der Waals surface area contributed by atoms with E-state index in [4.69, 9.17) is 0 Å². The van der Waals surface area contributed by atoms with E-state index in [-0.39, 0.29) is 11.6 Å². The van der Waals surface area contributed by atoms with Crippen molar-refractivity contribution in [1.82, 2.24) is 0 Å². The molecule has 0 aliphatic carbocycles. The van der Waals surface area contributed by atoms with Crippen LogP contribution in [0.2, 0.25) is 0 Å². The second-order valence-corrected chi connectivity index (χ2v) is 3.99. The smallest absolute Gasteiger partial charge is 0.124 e. The molecule has 0 radical (unpaired) electrons. The van der Waals surface area contributed by atoms with Gasteiger partial charge in [0.1, 0.15) is 11.6 Å². The highest BCUT2D eigenvalue weighted by atomic mass is 79.9. The van der Waals surface area contributed by atoms with Crippen LogP contribution in [-0.2, 0) is 0 Å². The highest BCUT2D eigenvalue weighted by molar-refractivity contribution is 9.10. The lowest BCUT2D eigenvalue weighted by molar-refractivity contribution is 0.626. The van der Waals surface area contributed by atoms with Gasteiger partial charge in [-0.05, 0) is 35.4 Å². The van der Waals surface area contributed by atoms with Gasteiger partial charge in [-0.3, -0.25) is 0 Å². The van der Waals surface area contributed by atoms with Gasteiger partial charge in [0.05, 0.1) is 0 Å². The van der Waals surface area contributed by atoms with Crippen molar-refractivity contribution in [1.29, 1.82) is 0 Å². The Labute approximate surface area is 94.7 Å². The fraction of sp³-hybridized carbons (Fsp3) is 0. The number of hydrogen-bond acceptors (Lipinski definition) is 0. The van der Waals surface area contributed by atoms with Gasteiger partial charge in [0.25, 0.3) is 0 Å². The number of rotatable bonds is 1. The van der Waals surface area contributed by atoms with Crippen LogP contribution in [0.15, 0.2) is 46.9 Å². The van der Waals surface area contributed by atoms with Gasteiger partial charge in [-0.15, -0.1) is 0 Å². The monoisotopic (exact) mass is 268 g/mol. The van der Waals surface area contributed by atoms with Gasteiger partial charge in [0, 0.05) is 4.47 Å². The van der Waals surface area contributed by atoms with E-state index in [0.29, 0.717) is 4.47 Å². The van der Waals surface area contributed by atoms with Crippen LogP contribution in [0.3, 0.4) is 0 Å². The highest BCUT2D eigenvalue weighted by Gasteiger charge is 2.04. The molecule has 0 N–H and O–H groups in total. The van der Waals surface area contributed by atoms with Gasteiger partial charge in [0.15, 0.2) is 0 Å². The zero-order valence-electron chi connectivity index (χ0n) is 7.68. The normalized spacial score (nSPS) is 10.3. The first-order chi connectivity index (χ1) is 7.16. The maximum Gasteiger partial charge on any atom is 0.124 e. The van der Waals surface area contributed by atoms with E-state index in [1.807, 2.05) is 0 Å². The molecule has 2 aromatic rings. The molecule has 0 aliphatic heterocycles. The Bertz CT molecular complexity index is 477. The summed E-state index contributed by atoms with van der Waals surface area (Å²) < 4.78 is 26.2. The van der Waals surface area contributed by atoms with E-state index < -0.39 is 0 Å². The van der Waals surface area contributed by atoms with Crippen molar-refractivity contribution < 1.29 is 8.78 Å². The molecule has 0 aromatic heterocycles. The Morgan fingerprint density at radius 3 is 2.00 bits per heavy atom. The molecule has 0 aliphatic rings. The second kappa shape index (κ2) is 4.11. The number of hydrogen-bond donors (Lipinski definition) is 0. The largest absolute Gasteiger partial charge is 0.207 e. The summed E-state index contributed by atoms with van der Waals surface area (Å²) in [5.74, 6) is -0.579. The maximum absolute atomic E-state index is 12.8. The lowest BCUT2D eigenvalue weighted by atomic mass is 10.1. The van der Waals surface area contributed by atoms with E-state index in [1.165, 1.54) is 24.3 Å². The second-order valence-electron chi connectivity index (χ2n) is 3.13. The maximum atomic E-state index is 12.8. The minimum absolute atomic E-state index is 0.281. The highest BCUT2D eigenvalue weighted by Crippen LogP contribution is 2.28. The SMILES string of the molecule is Fc1ccc(-c2ccc(F)cc2Br)cc1. The minimum Gasteiger partial charge on any atom is -0.207 e. The topological polar surface area (TPSA) is 0 Å². The number of halogens is 3. The van der Waals surface area contributed by atoms with Crippen molar-refractivity contribution >= 4 is 15.9 Å². The van der Waals surface area contributed by atoms with Crippen LogP contribution in [0, 0.1) is 11.6 Å². The van der Waals surface area contributed by atoms with Crippen LogP contribution in [0.4, 0.5) is 8.78 Å². The molecule has 0 nitrogen and oxygen atoms in total. The molecule has 0 saturated heterocycles. The molecular formula is C12H7BrF2. The van der Waals surface area contributed by atoms with Crippen molar-refractivity contribution in [2.45, 2.75) is 0 Å². The molecule has 76 valence electrons. The molecular weight excluding hydrogens is 262 g/mol. The molecule has 0 bridgehead atoms. The van der Waals surface area contributed by atoms with Crippen molar-refractivity contribution in [3.63, 3.8) is 0 Å². The molecule has 0 spiro atoms. The van der Waals surface area contributed by atoms with E-state index in [1.54, 1.807) is 18.2 Å². The summed E-state index contributed by atoms with van der Waals surface area (Å²) in [5, 5.41) is 0. The average molecular weight is 269 g/mol. The number of benzene rings is 2. The average Bonchev–Trinajstić information content (AvgIpc) is 2.20. The Kier molecular flexibility index (Phi) is 2.82. The zero-order chi connectivity index (χ0) is 10.8. The summed E-state index contributed by atoms with van der Waals surface area (Å²) in [6.45, 7) is 0. The summed E-state index contributed by atoms with van der Waals surface area (Å²) in [6, 6.07) is 10.5. The fourth-order valence-electron chi connectivity index (χ4n) is 1.35. The van der Waals surface area contributed by atoms with Gasteiger partial charge in [-0.25, -0.2) is 8.78 Å². The van der Waals surface area contributed by atoms with E-state index in [2.05, 4.69) is 15.9 Å². The Morgan fingerprint density at radius 2 is 1.40 bits per heavy atom. The first-order valence-corrected chi connectivity index (χ1v) is 5.17. The molecule has 0 heterocycles. The van der Waals surface area contributed by atoms with Gasteiger partial charge in [-0.1, -0.05) is 34.1 Å². The third kappa shape index (κ3) is 2.23. The van der Waals surface area contributed by atoms with Crippen molar-refractivity contribution in [3.05, 3.63) is 58.6 Å². The molecule has 15 heavy (non-hydrogen) atoms. The first kappa shape index (κ1) is 10.3. The van der Waals surface area contributed by atoms with Crippen LogP contribution < -0.4 is 0 Å².